The second-order valence-corrected chi connectivity index (χ2v) is 3.95. The third kappa shape index (κ3) is 2.06. The van der Waals surface area contributed by atoms with Gasteiger partial charge in [0.05, 0.1) is 0 Å². The van der Waals surface area contributed by atoms with Crippen molar-refractivity contribution in [2.24, 2.45) is 0 Å². The van der Waals surface area contributed by atoms with Crippen molar-refractivity contribution in [1.82, 2.24) is 0 Å². The highest BCUT2D eigenvalue weighted by Crippen LogP contribution is 2.38. The molecule has 1 unspecified atom stereocenters. The van der Waals surface area contributed by atoms with Gasteiger partial charge in [0.15, 0.2) is 0 Å². The zero-order valence-electron chi connectivity index (χ0n) is 9.16. The third-order valence-electron chi connectivity index (χ3n) is 2.77. The maximum Gasteiger partial charge on any atom is 0.336 e. The molecule has 5 heteroatoms. The SMILES string of the molecule is OC(c1cccc2ccccc12)C(F)(F)C(F)F. The Bertz CT molecular complexity index is 548. The van der Waals surface area contributed by atoms with Gasteiger partial charge in [0.1, 0.15) is 6.10 Å². The third-order valence-corrected chi connectivity index (χ3v) is 2.77. The molecule has 1 N–H and O–H groups in total. The Kier molecular flexibility index (Phi) is 3.26. The number of aliphatic hydroxyl groups excluding tert-OH is 1. The predicted octanol–water partition coefficient (Wildman–Crippen LogP) is 3.77. The van der Waals surface area contributed by atoms with Crippen LogP contribution in [0.4, 0.5) is 17.6 Å². The van der Waals surface area contributed by atoms with Crippen LogP contribution < -0.4 is 0 Å². The van der Waals surface area contributed by atoms with Crippen LogP contribution in [0.3, 0.4) is 0 Å². The largest absolute Gasteiger partial charge is 0.382 e. The molecule has 1 atom stereocenters. The lowest BCUT2D eigenvalue weighted by Crippen LogP contribution is -2.34. The minimum atomic E-state index is -4.47. The second kappa shape index (κ2) is 4.57. The summed E-state index contributed by atoms with van der Waals surface area (Å²) in [5.41, 5.74) is -0.196. The van der Waals surface area contributed by atoms with Crippen LogP contribution in [-0.2, 0) is 0 Å². The van der Waals surface area contributed by atoms with Gasteiger partial charge >= 0.3 is 12.3 Å². The van der Waals surface area contributed by atoms with Crippen LogP contribution in [0.25, 0.3) is 10.8 Å². The van der Waals surface area contributed by atoms with E-state index in [0.29, 0.717) is 10.8 Å². The van der Waals surface area contributed by atoms with E-state index in [9.17, 15) is 22.7 Å². The lowest BCUT2D eigenvalue weighted by atomic mass is 9.97. The molecule has 0 heterocycles. The molecule has 0 fully saturated rings. The van der Waals surface area contributed by atoms with Gasteiger partial charge in [0, 0.05) is 0 Å². The highest BCUT2D eigenvalue weighted by Gasteiger charge is 2.49. The number of hydrogen-bond acceptors (Lipinski definition) is 1. The molecule has 0 aliphatic rings. The van der Waals surface area contributed by atoms with Gasteiger partial charge in [-0.3, -0.25) is 0 Å². The molecule has 2 aromatic carbocycles. The zero-order chi connectivity index (χ0) is 13.3. The van der Waals surface area contributed by atoms with E-state index in [2.05, 4.69) is 0 Å². The Labute approximate surface area is 101 Å². The van der Waals surface area contributed by atoms with Crippen molar-refractivity contribution in [1.29, 1.82) is 0 Å². The Morgan fingerprint density at radius 3 is 2.22 bits per heavy atom. The quantitative estimate of drug-likeness (QED) is 0.831. The smallest absolute Gasteiger partial charge is 0.336 e. The summed E-state index contributed by atoms with van der Waals surface area (Å²) in [5.74, 6) is -4.47. The first-order chi connectivity index (χ1) is 8.44. The fraction of sp³-hybridized carbons (Fsp3) is 0.231. The minimum absolute atomic E-state index is 0.196. The van der Waals surface area contributed by atoms with Gasteiger partial charge in [0.2, 0.25) is 0 Å². The summed E-state index contributed by atoms with van der Waals surface area (Å²) in [6.07, 6.45) is -6.44. The van der Waals surface area contributed by atoms with Crippen LogP contribution in [0.5, 0.6) is 0 Å². The van der Waals surface area contributed by atoms with Crippen molar-refractivity contribution >= 4 is 10.8 Å². The lowest BCUT2D eigenvalue weighted by molar-refractivity contribution is -0.193. The molecular formula is C13H10F4O. The Hall–Kier alpha value is -1.62. The molecule has 2 rings (SSSR count). The average Bonchev–Trinajstić information content (AvgIpc) is 2.37. The van der Waals surface area contributed by atoms with Gasteiger partial charge in [-0.2, -0.15) is 8.78 Å². The molecule has 0 amide bonds. The van der Waals surface area contributed by atoms with Crippen LogP contribution in [0.2, 0.25) is 0 Å². The maximum atomic E-state index is 13.2. The number of benzene rings is 2. The second-order valence-electron chi connectivity index (χ2n) is 3.95. The topological polar surface area (TPSA) is 20.2 Å². The zero-order valence-corrected chi connectivity index (χ0v) is 9.16. The van der Waals surface area contributed by atoms with E-state index in [1.807, 2.05) is 0 Å². The number of hydrogen-bond donors (Lipinski definition) is 1. The van der Waals surface area contributed by atoms with Crippen LogP contribution >= 0.6 is 0 Å². The molecule has 0 saturated heterocycles. The van der Waals surface area contributed by atoms with Crippen molar-refractivity contribution in [2.45, 2.75) is 18.5 Å². The van der Waals surface area contributed by atoms with E-state index >= 15 is 0 Å². The van der Waals surface area contributed by atoms with Crippen molar-refractivity contribution in [3.63, 3.8) is 0 Å². The van der Waals surface area contributed by atoms with E-state index in [1.165, 1.54) is 18.2 Å². The number of halogens is 4. The molecule has 0 aromatic heterocycles. The standard InChI is InChI=1S/C13H10F4O/c14-12(15)13(16,17)11(18)10-7-3-5-8-4-1-2-6-9(8)10/h1-7,11-12,18H. The molecule has 0 radical (unpaired) electrons. The van der Waals surface area contributed by atoms with Gasteiger partial charge in [-0.1, -0.05) is 42.5 Å². The van der Waals surface area contributed by atoms with Gasteiger partial charge in [0.25, 0.3) is 0 Å². The predicted molar refractivity (Wildman–Crippen MR) is 59.9 cm³/mol. The molecule has 18 heavy (non-hydrogen) atoms. The molecule has 0 aliphatic carbocycles. The van der Waals surface area contributed by atoms with Gasteiger partial charge in [-0.25, -0.2) is 8.78 Å². The van der Waals surface area contributed by atoms with Gasteiger partial charge in [-0.05, 0) is 16.3 Å². The van der Waals surface area contributed by atoms with Crippen molar-refractivity contribution in [3.8, 4) is 0 Å². The summed E-state index contributed by atoms with van der Waals surface area (Å²) in [7, 11) is 0. The molecule has 0 spiro atoms. The highest BCUT2D eigenvalue weighted by atomic mass is 19.3. The lowest BCUT2D eigenvalue weighted by Gasteiger charge is -2.23. The summed E-state index contributed by atoms with van der Waals surface area (Å²) in [5, 5.41) is 10.4. The number of rotatable bonds is 3. The molecule has 96 valence electrons. The average molecular weight is 258 g/mol. The summed E-state index contributed by atoms with van der Waals surface area (Å²) in [6, 6.07) is 10.8. The van der Waals surface area contributed by atoms with Crippen LogP contribution in [0.1, 0.15) is 11.7 Å². The monoisotopic (exact) mass is 258 g/mol. The summed E-state index contributed by atoms with van der Waals surface area (Å²) in [6.45, 7) is 0. The highest BCUT2D eigenvalue weighted by molar-refractivity contribution is 5.86. The van der Waals surface area contributed by atoms with E-state index in [1.54, 1.807) is 24.3 Å². The van der Waals surface area contributed by atoms with E-state index in [4.69, 9.17) is 0 Å². The number of aliphatic hydroxyl groups is 1. The van der Waals surface area contributed by atoms with E-state index in [0.717, 1.165) is 0 Å². The first kappa shape index (κ1) is 12.8. The van der Waals surface area contributed by atoms with Crippen LogP contribution in [-0.4, -0.2) is 17.5 Å². The molecule has 1 nitrogen and oxygen atoms in total. The number of alkyl halides is 4. The molecule has 0 saturated carbocycles. The van der Waals surface area contributed by atoms with E-state index in [-0.39, 0.29) is 5.56 Å². The molecular weight excluding hydrogens is 248 g/mol. The maximum absolute atomic E-state index is 13.2. The molecule has 0 aliphatic heterocycles. The van der Waals surface area contributed by atoms with Crippen LogP contribution in [0, 0.1) is 0 Å². The summed E-state index contributed by atoms with van der Waals surface area (Å²) in [4.78, 5) is 0. The fourth-order valence-electron chi connectivity index (χ4n) is 1.82. The molecule has 0 bridgehead atoms. The summed E-state index contributed by atoms with van der Waals surface area (Å²) >= 11 is 0. The fourth-order valence-corrected chi connectivity index (χ4v) is 1.82. The minimum Gasteiger partial charge on any atom is -0.382 e. The summed E-state index contributed by atoms with van der Waals surface area (Å²) < 4.78 is 50.8. The Morgan fingerprint density at radius 1 is 0.944 bits per heavy atom. The Balaban J connectivity index is 2.55. The Morgan fingerprint density at radius 2 is 1.56 bits per heavy atom. The first-order valence-corrected chi connectivity index (χ1v) is 5.26. The molecule has 2 aromatic rings. The van der Waals surface area contributed by atoms with Crippen LogP contribution in [0.15, 0.2) is 42.5 Å². The van der Waals surface area contributed by atoms with Gasteiger partial charge in [-0.15, -0.1) is 0 Å². The van der Waals surface area contributed by atoms with E-state index < -0.39 is 18.5 Å². The van der Waals surface area contributed by atoms with Gasteiger partial charge < -0.3 is 5.11 Å². The van der Waals surface area contributed by atoms with Crippen molar-refractivity contribution in [2.75, 3.05) is 0 Å². The van der Waals surface area contributed by atoms with Crippen molar-refractivity contribution < 1.29 is 22.7 Å². The normalized spacial score (nSPS) is 14.1. The first-order valence-electron chi connectivity index (χ1n) is 5.26. The number of fused-ring (bicyclic) bond motifs is 1. The van der Waals surface area contributed by atoms with Crippen molar-refractivity contribution in [3.05, 3.63) is 48.0 Å².